The van der Waals surface area contributed by atoms with Gasteiger partial charge in [0.05, 0.1) is 6.10 Å². The van der Waals surface area contributed by atoms with Crippen molar-refractivity contribution >= 4 is 5.97 Å². The number of nitrogens with two attached hydrogens (primary N) is 1. The van der Waals surface area contributed by atoms with Gasteiger partial charge in [-0.1, -0.05) is 5.18 Å². The smallest absolute Gasteiger partial charge is 0.335 e. The summed E-state index contributed by atoms with van der Waals surface area (Å²) in [5.74, 6) is -1.71. The molecule has 0 fully saturated rings. The van der Waals surface area contributed by atoms with Gasteiger partial charge in [0.25, 0.3) is 0 Å². The molecule has 0 rings (SSSR count). The summed E-state index contributed by atoms with van der Waals surface area (Å²) in [5, 5.41) is 37.6. The second-order valence-corrected chi connectivity index (χ2v) is 2.67. The highest BCUT2D eigenvalue weighted by molar-refractivity contribution is 5.72. The maximum absolute atomic E-state index is 10.2. The molecule has 8 nitrogen and oxygen atoms in total. The van der Waals surface area contributed by atoms with Gasteiger partial charge < -0.3 is 26.2 Å². The maximum Gasteiger partial charge on any atom is 0.335 e. The zero-order valence-corrected chi connectivity index (χ0v) is 7.15. The summed E-state index contributed by atoms with van der Waals surface area (Å²) in [4.78, 5) is 20.3. The minimum absolute atomic E-state index is 0.375. The van der Waals surface area contributed by atoms with Crippen molar-refractivity contribution in [3.05, 3.63) is 4.91 Å². The molecule has 0 radical (unpaired) electrons. The van der Waals surface area contributed by atoms with E-state index in [9.17, 15) is 9.70 Å². The van der Waals surface area contributed by atoms with Crippen molar-refractivity contribution in [1.29, 1.82) is 0 Å². The number of carbonyl (C=O) groups is 1. The molecule has 82 valence electrons. The molecular weight excluding hydrogens is 196 g/mol. The molecule has 4 atom stereocenters. The molecule has 0 saturated carbocycles. The molecule has 0 heterocycles. The summed E-state index contributed by atoms with van der Waals surface area (Å²) >= 11 is 0. The molecule has 0 aliphatic rings. The molecule has 0 aromatic rings. The first-order valence-corrected chi connectivity index (χ1v) is 3.75. The van der Waals surface area contributed by atoms with Crippen LogP contribution in [0.25, 0.3) is 0 Å². The van der Waals surface area contributed by atoms with Crippen molar-refractivity contribution < 1.29 is 25.2 Å². The third kappa shape index (κ3) is 3.00. The van der Waals surface area contributed by atoms with Crippen LogP contribution in [-0.2, 0) is 4.79 Å². The minimum atomic E-state index is -2.18. The summed E-state index contributed by atoms with van der Waals surface area (Å²) < 4.78 is 0. The maximum atomic E-state index is 10.2. The molecule has 0 aromatic heterocycles. The van der Waals surface area contributed by atoms with Gasteiger partial charge >= 0.3 is 5.97 Å². The lowest BCUT2D eigenvalue weighted by Gasteiger charge is -2.22. The minimum Gasteiger partial charge on any atom is -0.479 e. The Morgan fingerprint density at radius 3 is 2.14 bits per heavy atom. The van der Waals surface area contributed by atoms with Gasteiger partial charge in [-0.15, -0.1) is 0 Å². The van der Waals surface area contributed by atoms with Crippen LogP contribution in [-0.4, -0.2) is 57.3 Å². The monoisotopic (exact) mass is 208 g/mol. The van der Waals surface area contributed by atoms with E-state index >= 15 is 0 Å². The largest absolute Gasteiger partial charge is 0.479 e. The van der Waals surface area contributed by atoms with E-state index in [0.717, 1.165) is 0 Å². The molecule has 0 spiro atoms. The number of aliphatic hydroxyl groups is 3. The van der Waals surface area contributed by atoms with E-state index in [-0.39, 0.29) is 6.54 Å². The van der Waals surface area contributed by atoms with E-state index in [1.165, 1.54) is 0 Å². The Morgan fingerprint density at radius 2 is 1.86 bits per heavy atom. The number of aliphatic hydroxyl groups excluding tert-OH is 3. The fourth-order valence-electron chi connectivity index (χ4n) is 0.832. The van der Waals surface area contributed by atoms with E-state index in [0.29, 0.717) is 0 Å². The van der Waals surface area contributed by atoms with Crippen LogP contribution < -0.4 is 5.73 Å². The number of nitroso groups, excluding NO2 is 1. The number of hydrogen-bond donors (Lipinski definition) is 5. The first kappa shape index (κ1) is 12.9. The number of carboxylic acids is 1. The van der Waals surface area contributed by atoms with Crippen molar-refractivity contribution in [2.75, 3.05) is 6.54 Å². The quantitative estimate of drug-likeness (QED) is 0.296. The van der Waals surface area contributed by atoms with E-state index < -0.39 is 30.3 Å². The number of rotatable bonds is 6. The highest BCUT2D eigenvalue weighted by Gasteiger charge is 2.36. The Balaban J connectivity index is 4.52. The Labute approximate surface area is 78.9 Å². The molecule has 6 N–H and O–H groups in total. The van der Waals surface area contributed by atoms with Crippen molar-refractivity contribution in [1.82, 2.24) is 0 Å². The SMILES string of the molecule is NCC(O)C(N=O)C(O)C(O)C(=O)O. The molecule has 14 heavy (non-hydrogen) atoms. The van der Waals surface area contributed by atoms with Gasteiger partial charge in [0.1, 0.15) is 12.1 Å². The van der Waals surface area contributed by atoms with Gasteiger partial charge in [-0.3, -0.25) is 0 Å². The van der Waals surface area contributed by atoms with Gasteiger partial charge in [-0.25, -0.2) is 4.79 Å². The van der Waals surface area contributed by atoms with Crippen molar-refractivity contribution in [3.63, 3.8) is 0 Å². The van der Waals surface area contributed by atoms with Gasteiger partial charge in [-0.05, 0) is 0 Å². The molecule has 8 heteroatoms. The Kier molecular flexibility index (Phi) is 5.16. The van der Waals surface area contributed by atoms with Crippen LogP contribution in [0.3, 0.4) is 0 Å². The van der Waals surface area contributed by atoms with Gasteiger partial charge in [0.2, 0.25) is 0 Å². The molecular formula is C6H12N2O6. The van der Waals surface area contributed by atoms with Gasteiger partial charge in [0.15, 0.2) is 6.10 Å². The standard InChI is InChI=1S/C6H12N2O6/c7-1-2(9)3(8-14)4(10)5(11)6(12)13/h2-5,9-11H,1,7H2,(H,12,13). The summed E-state index contributed by atoms with van der Waals surface area (Å²) in [6.45, 7) is -0.375. The second-order valence-electron chi connectivity index (χ2n) is 2.67. The van der Waals surface area contributed by atoms with Crippen LogP contribution in [0.15, 0.2) is 5.18 Å². The number of carboxylic acid groups (broad SMARTS) is 1. The first-order valence-electron chi connectivity index (χ1n) is 3.75. The van der Waals surface area contributed by atoms with Crippen molar-refractivity contribution in [2.24, 2.45) is 10.9 Å². The second kappa shape index (κ2) is 5.60. The summed E-state index contributed by atoms with van der Waals surface area (Å²) in [5.41, 5.74) is 4.97. The predicted octanol–water partition coefficient (Wildman–Crippen LogP) is -2.75. The zero-order valence-electron chi connectivity index (χ0n) is 7.15. The molecule has 0 saturated heterocycles. The Bertz CT molecular complexity index is 210. The van der Waals surface area contributed by atoms with E-state index in [1.54, 1.807) is 0 Å². The lowest BCUT2D eigenvalue weighted by atomic mass is 10.0. The summed E-state index contributed by atoms with van der Waals surface area (Å²) in [6, 6.07) is -1.66. The van der Waals surface area contributed by atoms with Crippen LogP contribution in [0.5, 0.6) is 0 Å². The fraction of sp³-hybridized carbons (Fsp3) is 0.833. The highest BCUT2D eigenvalue weighted by Crippen LogP contribution is 2.08. The van der Waals surface area contributed by atoms with Crippen LogP contribution in [0.2, 0.25) is 0 Å². The molecule has 4 unspecified atom stereocenters. The lowest BCUT2D eigenvalue weighted by molar-refractivity contribution is -0.154. The molecule has 0 amide bonds. The van der Waals surface area contributed by atoms with Crippen molar-refractivity contribution in [2.45, 2.75) is 24.4 Å². The Morgan fingerprint density at radius 1 is 1.36 bits per heavy atom. The average Bonchev–Trinajstić information content (AvgIpc) is 2.16. The van der Waals surface area contributed by atoms with E-state index in [2.05, 4.69) is 5.18 Å². The third-order valence-electron chi connectivity index (χ3n) is 1.68. The topological polar surface area (TPSA) is 153 Å². The molecule has 0 aliphatic heterocycles. The normalized spacial score (nSPS) is 19.4. The van der Waals surface area contributed by atoms with E-state index in [4.69, 9.17) is 26.2 Å². The first-order chi connectivity index (χ1) is 6.45. The van der Waals surface area contributed by atoms with Crippen LogP contribution in [0, 0.1) is 4.91 Å². The molecule has 0 aliphatic carbocycles. The van der Waals surface area contributed by atoms with E-state index in [1.807, 2.05) is 0 Å². The zero-order chi connectivity index (χ0) is 11.3. The van der Waals surface area contributed by atoms with Gasteiger partial charge in [0, 0.05) is 6.54 Å². The number of aliphatic carboxylic acids is 1. The van der Waals surface area contributed by atoms with Crippen LogP contribution in [0.1, 0.15) is 0 Å². The Hall–Kier alpha value is -1.09. The van der Waals surface area contributed by atoms with Crippen LogP contribution in [0.4, 0.5) is 0 Å². The summed E-state index contributed by atoms with van der Waals surface area (Å²) in [6.07, 6.45) is -5.65. The average molecular weight is 208 g/mol. The predicted molar refractivity (Wildman–Crippen MR) is 44.3 cm³/mol. The van der Waals surface area contributed by atoms with Crippen molar-refractivity contribution in [3.8, 4) is 0 Å². The highest BCUT2D eigenvalue weighted by atomic mass is 16.4. The van der Waals surface area contributed by atoms with Gasteiger partial charge in [-0.2, -0.15) is 4.91 Å². The van der Waals surface area contributed by atoms with Crippen LogP contribution >= 0.6 is 0 Å². The number of nitrogens with zero attached hydrogens (tertiary/aromatic N) is 1. The molecule has 0 bridgehead atoms. The summed E-state index contributed by atoms with van der Waals surface area (Å²) in [7, 11) is 0. The number of hydrogen-bond acceptors (Lipinski definition) is 7. The fourth-order valence-corrected chi connectivity index (χ4v) is 0.832. The third-order valence-corrected chi connectivity index (χ3v) is 1.68. The lowest BCUT2D eigenvalue weighted by Crippen LogP contribution is -2.48. The molecule has 0 aromatic carbocycles.